The molecule has 0 radical (unpaired) electrons. The van der Waals surface area contributed by atoms with Gasteiger partial charge in [-0.3, -0.25) is 4.79 Å². The van der Waals surface area contributed by atoms with Crippen LogP contribution in [0.2, 0.25) is 5.02 Å². The fourth-order valence-corrected chi connectivity index (χ4v) is 3.32. The molecule has 3 aromatic rings. The summed E-state index contributed by atoms with van der Waals surface area (Å²) in [5, 5.41) is 7.68. The first-order valence-electron chi connectivity index (χ1n) is 9.09. The molecule has 0 aliphatic carbocycles. The van der Waals surface area contributed by atoms with E-state index in [2.05, 4.69) is 27.6 Å². The van der Waals surface area contributed by atoms with Gasteiger partial charge in [-0.1, -0.05) is 34.5 Å². The largest absolute Gasteiger partial charge is 0.333 e. The molecule has 0 saturated carbocycles. The van der Waals surface area contributed by atoms with Crippen LogP contribution in [0.3, 0.4) is 0 Å². The fourth-order valence-electron chi connectivity index (χ4n) is 3.20. The quantitative estimate of drug-likeness (QED) is 0.668. The van der Waals surface area contributed by atoms with Crippen LogP contribution in [0.25, 0.3) is 11.4 Å². The molecule has 0 aliphatic rings. The Morgan fingerprint density at radius 3 is 2.43 bits per heavy atom. The molecule has 7 heteroatoms. The molecule has 1 aromatic heterocycles. The van der Waals surface area contributed by atoms with E-state index in [1.165, 1.54) is 5.56 Å². The first kappa shape index (κ1) is 20.0. The van der Waals surface area contributed by atoms with Gasteiger partial charge in [-0.2, -0.15) is 4.98 Å². The molecule has 1 unspecified atom stereocenters. The lowest BCUT2D eigenvalue weighted by molar-refractivity contribution is -0.886. The molecule has 0 fully saturated rings. The highest BCUT2D eigenvalue weighted by atomic mass is 35.5. The van der Waals surface area contributed by atoms with E-state index < -0.39 is 0 Å². The van der Waals surface area contributed by atoms with E-state index in [0.29, 0.717) is 29.8 Å². The zero-order chi connectivity index (χ0) is 20.3. The normalized spacial score (nSPS) is 12.0. The number of halogens is 1. The SMILES string of the molecule is Cc1cc(C)c(NC(=O)C[NH+](C)Cc2nc(-c3ccc(Cl)cc3)no2)c(C)c1. The van der Waals surface area contributed by atoms with Crippen molar-refractivity contribution in [1.82, 2.24) is 10.1 Å². The number of nitrogens with zero attached hydrogens (tertiary/aromatic N) is 2. The summed E-state index contributed by atoms with van der Waals surface area (Å²) in [7, 11) is 1.92. The van der Waals surface area contributed by atoms with Gasteiger partial charge in [0.1, 0.15) is 0 Å². The monoisotopic (exact) mass is 399 g/mol. The number of nitrogens with one attached hydrogen (secondary N) is 2. The Morgan fingerprint density at radius 2 is 1.79 bits per heavy atom. The zero-order valence-corrected chi connectivity index (χ0v) is 17.2. The van der Waals surface area contributed by atoms with Crippen LogP contribution in [0.15, 0.2) is 40.9 Å². The number of rotatable bonds is 6. The average molecular weight is 400 g/mol. The van der Waals surface area contributed by atoms with Gasteiger partial charge in [-0.25, -0.2) is 0 Å². The molecule has 28 heavy (non-hydrogen) atoms. The minimum Gasteiger partial charge on any atom is -0.333 e. The number of likely N-dealkylation sites (N-methyl/N-ethyl adjacent to an activating group) is 1. The Balaban J connectivity index is 1.59. The Bertz CT molecular complexity index is 959. The van der Waals surface area contributed by atoms with Crippen LogP contribution in [-0.2, 0) is 11.3 Å². The van der Waals surface area contributed by atoms with Crippen molar-refractivity contribution >= 4 is 23.2 Å². The lowest BCUT2D eigenvalue weighted by Gasteiger charge is -2.15. The van der Waals surface area contributed by atoms with E-state index in [9.17, 15) is 4.79 Å². The minimum absolute atomic E-state index is 0.0509. The minimum atomic E-state index is -0.0509. The van der Waals surface area contributed by atoms with E-state index >= 15 is 0 Å². The average Bonchev–Trinajstić information content (AvgIpc) is 3.07. The Labute approximate surface area is 169 Å². The van der Waals surface area contributed by atoms with Gasteiger partial charge < -0.3 is 14.7 Å². The van der Waals surface area contributed by atoms with E-state index in [0.717, 1.165) is 27.3 Å². The summed E-state index contributed by atoms with van der Waals surface area (Å²) in [4.78, 5) is 17.8. The van der Waals surface area contributed by atoms with Crippen molar-refractivity contribution in [2.24, 2.45) is 0 Å². The van der Waals surface area contributed by atoms with Crippen LogP contribution in [0, 0.1) is 20.8 Å². The number of aryl methyl sites for hydroxylation is 3. The first-order valence-corrected chi connectivity index (χ1v) is 9.47. The number of carbonyl (C=O) groups excluding carboxylic acids is 1. The maximum atomic E-state index is 12.4. The van der Waals surface area contributed by atoms with Gasteiger partial charge in [0.05, 0.1) is 7.05 Å². The number of anilines is 1. The number of quaternary nitrogens is 1. The molecule has 3 rings (SSSR count). The maximum Gasteiger partial charge on any atom is 0.282 e. The van der Waals surface area contributed by atoms with Gasteiger partial charge in [0.15, 0.2) is 13.1 Å². The molecule has 0 spiro atoms. The second-order valence-corrected chi connectivity index (χ2v) is 7.59. The molecule has 0 saturated heterocycles. The van der Waals surface area contributed by atoms with Gasteiger partial charge in [-0.15, -0.1) is 0 Å². The third-order valence-corrected chi connectivity index (χ3v) is 4.68. The maximum absolute atomic E-state index is 12.4. The molecule has 0 bridgehead atoms. The van der Waals surface area contributed by atoms with Gasteiger partial charge in [0, 0.05) is 16.3 Å². The number of carbonyl (C=O) groups is 1. The number of hydrogen-bond acceptors (Lipinski definition) is 4. The van der Waals surface area contributed by atoms with Crippen molar-refractivity contribution in [2.45, 2.75) is 27.3 Å². The van der Waals surface area contributed by atoms with Crippen LogP contribution in [-0.4, -0.2) is 29.6 Å². The lowest BCUT2D eigenvalue weighted by atomic mass is 10.1. The van der Waals surface area contributed by atoms with Gasteiger partial charge in [0.2, 0.25) is 5.82 Å². The lowest BCUT2D eigenvalue weighted by Crippen LogP contribution is -3.08. The second-order valence-electron chi connectivity index (χ2n) is 7.15. The van der Waals surface area contributed by atoms with Gasteiger partial charge >= 0.3 is 0 Å². The summed E-state index contributed by atoms with van der Waals surface area (Å²) in [5.74, 6) is 0.942. The molecular formula is C21H24ClN4O2+. The van der Waals surface area contributed by atoms with Crippen molar-refractivity contribution in [1.29, 1.82) is 0 Å². The molecule has 1 heterocycles. The molecule has 146 valence electrons. The molecule has 2 aromatic carbocycles. The van der Waals surface area contributed by atoms with Crippen LogP contribution >= 0.6 is 11.6 Å². The van der Waals surface area contributed by atoms with E-state index in [4.69, 9.17) is 16.1 Å². The van der Waals surface area contributed by atoms with Gasteiger partial charge in [-0.05, 0) is 56.2 Å². The van der Waals surface area contributed by atoms with Crippen LogP contribution in [0.4, 0.5) is 5.69 Å². The molecule has 0 aliphatic heterocycles. The number of hydrogen-bond donors (Lipinski definition) is 2. The molecular weight excluding hydrogens is 376 g/mol. The summed E-state index contributed by atoms with van der Waals surface area (Å²) in [6.45, 7) is 6.81. The third-order valence-electron chi connectivity index (χ3n) is 4.43. The van der Waals surface area contributed by atoms with Crippen molar-refractivity contribution in [2.75, 3.05) is 18.9 Å². The summed E-state index contributed by atoms with van der Waals surface area (Å²) in [6.07, 6.45) is 0. The Hall–Kier alpha value is -2.70. The predicted octanol–water partition coefficient (Wildman–Crippen LogP) is 2.97. The third kappa shape index (κ3) is 4.97. The summed E-state index contributed by atoms with van der Waals surface area (Å²) >= 11 is 5.90. The van der Waals surface area contributed by atoms with Crippen molar-refractivity contribution < 1.29 is 14.2 Å². The van der Waals surface area contributed by atoms with E-state index in [1.807, 2.05) is 40.0 Å². The zero-order valence-electron chi connectivity index (χ0n) is 16.5. The topological polar surface area (TPSA) is 72.5 Å². The standard InChI is InChI=1S/C21H23ClN4O2/c1-13-9-14(2)20(15(3)10-13)23-18(27)11-26(4)12-19-24-21(25-28-19)16-5-7-17(22)8-6-16/h5-10H,11-12H2,1-4H3,(H,23,27)/p+1. The van der Waals surface area contributed by atoms with Crippen molar-refractivity contribution in [3.8, 4) is 11.4 Å². The van der Waals surface area contributed by atoms with Crippen molar-refractivity contribution in [3.63, 3.8) is 0 Å². The number of aromatic nitrogens is 2. The highest BCUT2D eigenvalue weighted by Gasteiger charge is 2.17. The molecule has 1 atom stereocenters. The molecule has 2 N–H and O–H groups in total. The summed E-state index contributed by atoms with van der Waals surface area (Å²) < 4.78 is 5.32. The van der Waals surface area contributed by atoms with Gasteiger partial charge in [0.25, 0.3) is 11.8 Å². The summed E-state index contributed by atoms with van der Waals surface area (Å²) in [6, 6.07) is 11.4. The van der Waals surface area contributed by atoms with E-state index in [-0.39, 0.29) is 5.91 Å². The highest BCUT2D eigenvalue weighted by molar-refractivity contribution is 6.30. The van der Waals surface area contributed by atoms with Crippen molar-refractivity contribution in [3.05, 3.63) is 64.0 Å². The first-order chi connectivity index (χ1) is 13.3. The number of amides is 1. The molecule has 6 nitrogen and oxygen atoms in total. The van der Waals surface area contributed by atoms with Crippen LogP contribution in [0.1, 0.15) is 22.6 Å². The van der Waals surface area contributed by atoms with Crippen LogP contribution in [0.5, 0.6) is 0 Å². The van der Waals surface area contributed by atoms with E-state index in [1.54, 1.807) is 12.1 Å². The summed E-state index contributed by atoms with van der Waals surface area (Å²) in [5.41, 5.74) is 5.02. The molecule has 1 amide bonds. The Kier molecular flexibility index (Phi) is 6.11. The fraction of sp³-hybridized carbons (Fsp3) is 0.286. The number of benzene rings is 2. The van der Waals surface area contributed by atoms with Crippen LogP contribution < -0.4 is 10.2 Å². The highest BCUT2D eigenvalue weighted by Crippen LogP contribution is 2.21. The second kappa shape index (κ2) is 8.54. The Morgan fingerprint density at radius 1 is 1.14 bits per heavy atom. The predicted molar refractivity (Wildman–Crippen MR) is 109 cm³/mol. The smallest absolute Gasteiger partial charge is 0.282 e.